The molecular weight excluding hydrogens is 306 g/mol. The van der Waals surface area contributed by atoms with Gasteiger partial charge < -0.3 is 4.74 Å². The Morgan fingerprint density at radius 3 is 2.41 bits per heavy atom. The second kappa shape index (κ2) is 6.92. The fourth-order valence-corrected chi connectivity index (χ4v) is 2.16. The minimum atomic E-state index is -3.86. The monoisotopic (exact) mass is 321 g/mol. The third kappa shape index (κ3) is 5.43. The Hall–Kier alpha value is -2.58. The summed E-state index contributed by atoms with van der Waals surface area (Å²) in [5, 5.41) is 7.38. The van der Waals surface area contributed by atoms with E-state index in [9.17, 15) is 13.2 Å². The van der Waals surface area contributed by atoms with E-state index in [2.05, 4.69) is 10.0 Å². The van der Waals surface area contributed by atoms with Crippen LogP contribution < -0.4 is 15.2 Å². The fourth-order valence-electron chi connectivity index (χ4n) is 1.70. The highest BCUT2D eigenvalue weighted by molar-refractivity contribution is 7.90. The molecule has 0 aliphatic carbocycles. The van der Waals surface area contributed by atoms with Crippen molar-refractivity contribution in [2.75, 3.05) is 10.0 Å². The molecule has 0 aliphatic heterocycles. The number of carbonyl (C=O) groups is 1. The number of nitrogens with one attached hydrogen (secondary N) is 2. The Labute approximate surface area is 128 Å². The molecule has 7 nitrogen and oxygen atoms in total. The predicted molar refractivity (Wildman–Crippen MR) is 83.4 cm³/mol. The summed E-state index contributed by atoms with van der Waals surface area (Å²) < 4.78 is 29.1. The molecule has 0 fully saturated rings. The minimum Gasteiger partial charge on any atom is -0.444 e. The van der Waals surface area contributed by atoms with Crippen molar-refractivity contribution in [3.63, 3.8) is 0 Å². The number of nitrogens with two attached hydrogens (primary N) is 1. The number of rotatable bonds is 5. The number of anilines is 2. The first-order valence-corrected chi connectivity index (χ1v) is 7.85. The van der Waals surface area contributed by atoms with E-state index in [1.165, 1.54) is 12.1 Å². The highest BCUT2D eigenvalue weighted by Crippen LogP contribution is 2.16. The van der Waals surface area contributed by atoms with Crippen molar-refractivity contribution in [2.45, 2.75) is 6.61 Å². The Morgan fingerprint density at radius 1 is 1.05 bits per heavy atom. The number of hydrogen-bond donors (Lipinski definition) is 3. The number of carbonyl (C=O) groups excluding carboxylic acids is 1. The van der Waals surface area contributed by atoms with Gasteiger partial charge in [0.05, 0.1) is 5.69 Å². The molecule has 0 radical (unpaired) electrons. The summed E-state index contributed by atoms with van der Waals surface area (Å²) in [6.45, 7) is 0.141. The zero-order chi connectivity index (χ0) is 16.0. The van der Waals surface area contributed by atoms with Crippen LogP contribution in [0.5, 0.6) is 0 Å². The van der Waals surface area contributed by atoms with Gasteiger partial charge in [0.2, 0.25) is 0 Å². The van der Waals surface area contributed by atoms with Crippen molar-refractivity contribution in [1.29, 1.82) is 0 Å². The van der Waals surface area contributed by atoms with Gasteiger partial charge in [-0.2, -0.15) is 8.42 Å². The van der Waals surface area contributed by atoms with Crippen LogP contribution in [0.4, 0.5) is 16.2 Å². The molecule has 22 heavy (non-hydrogen) atoms. The lowest BCUT2D eigenvalue weighted by atomic mass is 10.2. The Balaban J connectivity index is 1.93. The first-order chi connectivity index (χ1) is 10.4. The second-order valence-electron chi connectivity index (χ2n) is 4.41. The quantitative estimate of drug-likeness (QED) is 0.782. The third-order valence-corrected chi connectivity index (χ3v) is 3.10. The zero-order valence-electron chi connectivity index (χ0n) is 11.5. The van der Waals surface area contributed by atoms with E-state index in [4.69, 9.17) is 9.88 Å². The van der Waals surface area contributed by atoms with Gasteiger partial charge in [-0.3, -0.25) is 10.0 Å². The van der Waals surface area contributed by atoms with Crippen LogP contribution in [0.25, 0.3) is 0 Å². The van der Waals surface area contributed by atoms with E-state index in [0.29, 0.717) is 5.69 Å². The summed E-state index contributed by atoms with van der Waals surface area (Å²) in [7, 11) is -3.86. The molecule has 116 valence electrons. The van der Waals surface area contributed by atoms with Gasteiger partial charge in [-0.15, -0.1) is 0 Å². The van der Waals surface area contributed by atoms with Gasteiger partial charge in [0.15, 0.2) is 0 Å². The highest BCUT2D eigenvalue weighted by atomic mass is 32.2. The van der Waals surface area contributed by atoms with Gasteiger partial charge in [-0.25, -0.2) is 9.93 Å². The van der Waals surface area contributed by atoms with Crippen LogP contribution in [-0.4, -0.2) is 14.5 Å². The Bertz CT molecular complexity index is 748. The molecule has 0 unspecified atom stereocenters. The maximum atomic E-state index is 11.7. The first-order valence-electron chi connectivity index (χ1n) is 6.31. The van der Waals surface area contributed by atoms with E-state index in [-0.39, 0.29) is 12.3 Å². The summed E-state index contributed by atoms with van der Waals surface area (Å²) in [6, 6.07) is 15.3. The molecular formula is C14H15N3O4S. The molecule has 0 saturated heterocycles. The zero-order valence-corrected chi connectivity index (χ0v) is 12.3. The van der Waals surface area contributed by atoms with Crippen LogP contribution in [-0.2, 0) is 21.6 Å². The van der Waals surface area contributed by atoms with Gasteiger partial charge in [-0.05, 0) is 23.8 Å². The lowest BCUT2D eigenvalue weighted by molar-refractivity contribution is 0.155. The summed E-state index contributed by atoms with van der Waals surface area (Å²) in [5.41, 5.74) is 1.48. The van der Waals surface area contributed by atoms with Crippen molar-refractivity contribution in [1.82, 2.24) is 0 Å². The SMILES string of the molecule is NS(=O)(=O)Nc1cccc(NC(=O)OCc2ccccc2)c1. The maximum absolute atomic E-state index is 11.7. The van der Waals surface area contributed by atoms with E-state index in [1.54, 1.807) is 12.1 Å². The third-order valence-electron chi connectivity index (χ3n) is 2.58. The average Bonchev–Trinajstić information content (AvgIpc) is 2.45. The molecule has 2 aromatic carbocycles. The van der Waals surface area contributed by atoms with E-state index >= 15 is 0 Å². The van der Waals surface area contributed by atoms with Crippen molar-refractivity contribution in [2.24, 2.45) is 5.14 Å². The molecule has 4 N–H and O–H groups in total. The minimum absolute atomic E-state index is 0.141. The summed E-state index contributed by atoms with van der Waals surface area (Å²) in [5.74, 6) is 0. The Kier molecular flexibility index (Phi) is 4.97. The molecule has 0 saturated carbocycles. The van der Waals surface area contributed by atoms with Crippen molar-refractivity contribution < 1.29 is 17.9 Å². The van der Waals surface area contributed by atoms with Gasteiger partial charge in [0.25, 0.3) is 10.2 Å². The topological polar surface area (TPSA) is 111 Å². The van der Waals surface area contributed by atoms with Crippen LogP contribution in [0, 0.1) is 0 Å². The van der Waals surface area contributed by atoms with Crippen LogP contribution in [0.1, 0.15) is 5.56 Å². The van der Waals surface area contributed by atoms with Gasteiger partial charge >= 0.3 is 6.09 Å². The van der Waals surface area contributed by atoms with E-state index in [0.717, 1.165) is 5.56 Å². The van der Waals surface area contributed by atoms with Gasteiger partial charge in [0.1, 0.15) is 6.61 Å². The molecule has 0 aliphatic rings. The molecule has 0 heterocycles. The van der Waals surface area contributed by atoms with Crippen molar-refractivity contribution in [3.05, 3.63) is 60.2 Å². The van der Waals surface area contributed by atoms with Crippen molar-refractivity contribution in [3.8, 4) is 0 Å². The second-order valence-corrected chi connectivity index (χ2v) is 5.71. The fraction of sp³-hybridized carbons (Fsp3) is 0.0714. The predicted octanol–water partition coefficient (Wildman–Crippen LogP) is 2.05. The molecule has 2 aromatic rings. The van der Waals surface area contributed by atoms with E-state index in [1.807, 2.05) is 30.3 Å². The molecule has 0 bridgehead atoms. The molecule has 0 aromatic heterocycles. The summed E-state index contributed by atoms with van der Waals surface area (Å²) in [4.78, 5) is 11.7. The van der Waals surface area contributed by atoms with Gasteiger partial charge in [0, 0.05) is 5.69 Å². The molecule has 0 atom stereocenters. The molecule has 1 amide bonds. The number of amides is 1. The number of ether oxygens (including phenoxy) is 1. The summed E-state index contributed by atoms with van der Waals surface area (Å²) >= 11 is 0. The van der Waals surface area contributed by atoms with Crippen LogP contribution >= 0.6 is 0 Å². The average molecular weight is 321 g/mol. The summed E-state index contributed by atoms with van der Waals surface area (Å²) in [6.07, 6.45) is -0.642. The standard InChI is InChI=1S/C14H15N3O4S/c15-22(19,20)17-13-8-4-7-12(9-13)16-14(18)21-10-11-5-2-1-3-6-11/h1-9,17H,10H2,(H,16,18)(H2,15,19,20). The molecule has 8 heteroatoms. The lowest BCUT2D eigenvalue weighted by Crippen LogP contribution is -2.21. The largest absolute Gasteiger partial charge is 0.444 e. The smallest absolute Gasteiger partial charge is 0.411 e. The highest BCUT2D eigenvalue weighted by Gasteiger charge is 2.06. The molecule has 0 spiro atoms. The lowest BCUT2D eigenvalue weighted by Gasteiger charge is -2.09. The van der Waals surface area contributed by atoms with Crippen molar-refractivity contribution >= 4 is 27.7 Å². The van der Waals surface area contributed by atoms with Crippen LogP contribution in [0.15, 0.2) is 54.6 Å². The number of benzene rings is 2. The maximum Gasteiger partial charge on any atom is 0.411 e. The Morgan fingerprint density at radius 2 is 1.73 bits per heavy atom. The van der Waals surface area contributed by atoms with E-state index < -0.39 is 16.3 Å². The normalized spacial score (nSPS) is 10.8. The molecule has 2 rings (SSSR count). The number of hydrogen-bond acceptors (Lipinski definition) is 4. The first kappa shape index (κ1) is 15.8. The van der Waals surface area contributed by atoms with Crippen LogP contribution in [0.3, 0.4) is 0 Å². The van der Waals surface area contributed by atoms with Gasteiger partial charge in [-0.1, -0.05) is 36.4 Å². The van der Waals surface area contributed by atoms with Crippen LogP contribution in [0.2, 0.25) is 0 Å².